The van der Waals surface area contributed by atoms with E-state index in [2.05, 4.69) is 0 Å². The number of aliphatic hydroxyl groups excluding tert-OH is 2. The van der Waals surface area contributed by atoms with Crippen molar-refractivity contribution in [2.45, 2.75) is 12.2 Å². The van der Waals surface area contributed by atoms with Gasteiger partial charge in [0.25, 0.3) is 0 Å². The van der Waals surface area contributed by atoms with Gasteiger partial charge in [-0.05, 0) is 17.7 Å². The van der Waals surface area contributed by atoms with Crippen LogP contribution in [-0.4, -0.2) is 27.3 Å². The van der Waals surface area contributed by atoms with E-state index in [0.29, 0.717) is 5.56 Å². The minimum absolute atomic E-state index is 0.0123. The highest BCUT2D eigenvalue weighted by molar-refractivity contribution is 6.37. The number of hydrogen-bond donors (Lipinski definition) is 3. The van der Waals surface area contributed by atoms with E-state index in [0.717, 1.165) is 0 Å². The van der Waals surface area contributed by atoms with Gasteiger partial charge in [-0.25, -0.2) is 0 Å². The fourth-order valence-corrected chi connectivity index (χ4v) is 1.74. The van der Waals surface area contributed by atoms with Crippen molar-refractivity contribution >= 4 is 34.8 Å². The lowest BCUT2D eigenvalue weighted by atomic mass is 10.1. The van der Waals surface area contributed by atoms with E-state index >= 15 is 0 Å². The van der Waals surface area contributed by atoms with Gasteiger partial charge in [-0.15, -0.1) is 11.6 Å². The Balaban J connectivity index is 3.06. The molecular formula is C9H9Cl3O3. The minimum Gasteiger partial charge on any atom is -0.505 e. The third kappa shape index (κ3) is 2.89. The zero-order valence-electron chi connectivity index (χ0n) is 7.49. The molecule has 0 spiro atoms. The number of phenolic OH excluding ortho intramolecular Hbond substituents is 1. The van der Waals surface area contributed by atoms with Gasteiger partial charge in [-0.2, -0.15) is 0 Å². The van der Waals surface area contributed by atoms with Gasteiger partial charge < -0.3 is 15.3 Å². The molecule has 1 aromatic carbocycles. The van der Waals surface area contributed by atoms with Crippen molar-refractivity contribution in [2.24, 2.45) is 0 Å². The highest BCUT2D eigenvalue weighted by atomic mass is 35.5. The highest BCUT2D eigenvalue weighted by Crippen LogP contribution is 2.35. The zero-order chi connectivity index (χ0) is 11.6. The van der Waals surface area contributed by atoms with E-state index in [1.807, 2.05) is 0 Å². The molecule has 2 unspecified atom stereocenters. The van der Waals surface area contributed by atoms with Crippen LogP contribution in [0.4, 0.5) is 0 Å². The second-order valence-electron chi connectivity index (χ2n) is 3.00. The number of halogens is 3. The summed E-state index contributed by atoms with van der Waals surface area (Å²) in [7, 11) is 0. The van der Waals surface area contributed by atoms with Gasteiger partial charge in [-0.3, -0.25) is 0 Å². The first kappa shape index (κ1) is 12.9. The van der Waals surface area contributed by atoms with Crippen LogP contribution in [0.5, 0.6) is 5.75 Å². The predicted octanol–water partition coefficient (Wildman–Crippen LogP) is 2.33. The zero-order valence-corrected chi connectivity index (χ0v) is 9.76. The van der Waals surface area contributed by atoms with E-state index in [4.69, 9.17) is 34.8 Å². The lowest BCUT2D eigenvalue weighted by Gasteiger charge is -2.16. The van der Waals surface area contributed by atoms with Crippen LogP contribution < -0.4 is 0 Å². The van der Waals surface area contributed by atoms with Crippen molar-refractivity contribution in [1.29, 1.82) is 0 Å². The number of alkyl halides is 1. The van der Waals surface area contributed by atoms with Gasteiger partial charge in [0.15, 0.2) is 5.75 Å². The maximum Gasteiger partial charge on any atom is 0.152 e. The third-order valence-electron chi connectivity index (χ3n) is 1.90. The van der Waals surface area contributed by atoms with Gasteiger partial charge >= 0.3 is 0 Å². The van der Waals surface area contributed by atoms with Crippen molar-refractivity contribution in [3.05, 3.63) is 27.7 Å². The Labute approximate surface area is 102 Å². The van der Waals surface area contributed by atoms with E-state index in [9.17, 15) is 15.3 Å². The van der Waals surface area contributed by atoms with Crippen LogP contribution in [0.15, 0.2) is 12.1 Å². The summed E-state index contributed by atoms with van der Waals surface area (Å²) in [5.74, 6) is -0.369. The molecule has 0 amide bonds. The molecule has 0 heterocycles. The Morgan fingerprint density at radius 3 is 2.00 bits per heavy atom. The first-order valence-corrected chi connectivity index (χ1v) is 5.36. The highest BCUT2D eigenvalue weighted by Gasteiger charge is 2.19. The first-order chi connectivity index (χ1) is 6.97. The van der Waals surface area contributed by atoms with Crippen LogP contribution in [0.3, 0.4) is 0 Å². The van der Waals surface area contributed by atoms with E-state index in [1.54, 1.807) is 0 Å². The molecule has 6 heteroatoms. The number of hydrogen-bond acceptors (Lipinski definition) is 3. The number of aliphatic hydroxyl groups is 2. The van der Waals surface area contributed by atoms with Crippen LogP contribution in [0.2, 0.25) is 10.0 Å². The second-order valence-corrected chi connectivity index (χ2v) is 4.12. The molecule has 0 aliphatic heterocycles. The van der Waals surface area contributed by atoms with Crippen LogP contribution in [0.1, 0.15) is 11.7 Å². The standard InChI is InChI=1S/C9H9Cl3O3/c10-3-7(13)8(14)4-1-5(11)9(15)6(12)2-4/h1-2,7-8,13-15H,3H2. The maximum atomic E-state index is 9.60. The topological polar surface area (TPSA) is 60.7 Å². The van der Waals surface area contributed by atoms with Crippen molar-refractivity contribution in [3.63, 3.8) is 0 Å². The molecule has 0 bridgehead atoms. The van der Waals surface area contributed by atoms with Gasteiger partial charge in [0.05, 0.1) is 22.0 Å². The van der Waals surface area contributed by atoms with E-state index < -0.39 is 12.2 Å². The molecule has 0 fully saturated rings. The Kier molecular flexibility index (Phi) is 4.49. The molecular weight excluding hydrogens is 262 g/mol. The Bertz CT molecular complexity index is 333. The molecule has 3 N–H and O–H groups in total. The first-order valence-electron chi connectivity index (χ1n) is 4.07. The van der Waals surface area contributed by atoms with Crippen molar-refractivity contribution in [3.8, 4) is 5.75 Å². The fourth-order valence-electron chi connectivity index (χ4n) is 1.06. The molecule has 3 nitrogen and oxygen atoms in total. The molecule has 0 aliphatic carbocycles. The van der Waals surface area contributed by atoms with Crippen LogP contribution in [0.25, 0.3) is 0 Å². The van der Waals surface area contributed by atoms with Gasteiger partial charge in [-0.1, -0.05) is 23.2 Å². The van der Waals surface area contributed by atoms with Crippen molar-refractivity contribution in [1.82, 2.24) is 0 Å². The summed E-state index contributed by atoms with van der Waals surface area (Å²) < 4.78 is 0. The molecule has 84 valence electrons. The number of rotatable bonds is 3. The quantitative estimate of drug-likeness (QED) is 0.740. The smallest absolute Gasteiger partial charge is 0.152 e. The maximum absolute atomic E-state index is 9.60. The molecule has 0 saturated carbocycles. The van der Waals surface area contributed by atoms with Crippen LogP contribution >= 0.6 is 34.8 Å². The average Bonchev–Trinajstić information content (AvgIpc) is 2.23. The monoisotopic (exact) mass is 270 g/mol. The summed E-state index contributed by atoms with van der Waals surface area (Å²) in [6.45, 7) is 0. The summed E-state index contributed by atoms with van der Waals surface area (Å²) in [4.78, 5) is 0. The van der Waals surface area contributed by atoms with E-state index in [-0.39, 0.29) is 21.7 Å². The SMILES string of the molecule is Oc1c(Cl)cc(C(O)C(O)CCl)cc1Cl. The molecule has 1 rings (SSSR count). The molecule has 15 heavy (non-hydrogen) atoms. The molecule has 1 aromatic rings. The summed E-state index contributed by atoms with van der Waals surface area (Å²) in [5.41, 5.74) is 0.302. The molecule has 0 aromatic heterocycles. The summed E-state index contributed by atoms with van der Waals surface area (Å²) >= 11 is 16.7. The lowest BCUT2D eigenvalue weighted by molar-refractivity contribution is 0.0327. The normalized spacial score (nSPS) is 15.0. The Morgan fingerprint density at radius 1 is 1.13 bits per heavy atom. The Hall–Kier alpha value is -0.190. The van der Waals surface area contributed by atoms with Gasteiger partial charge in [0, 0.05) is 0 Å². The average molecular weight is 272 g/mol. The number of aromatic hydroxyl groups is 1. The Morgan fingerprint density at radius 2 is 1.60 bits per heavy atom. The molecule has 0 aliphatic rings. The van der Waals surface area contributed by atoms with Crippen molar-refractivity contribution in [2.75, 3.05) is 5.88 Å². The largest absolute Gasteiger partial charge is 0.505 e. The number of phenols is 1. The fraction of sp³-hybridized carbons (Fsp3) is 0.333. The summed E-state index contributed by atoms with van der Waals surface area (Å²) in [5, 5.41) is 28.2. The summed E-state index contributed by atoms with van der Waals surface area (Å²) in [6, 6.07) is 2.65. The second kappa shape index (κ2) is 5.23. The van der Waals surface area contributed by atoms with Crippen LogP contribution in [-0.2, 0) is 0 Å². The number of benzene rings is 1. The summed E-state index contributed by atoms with van der Waals surface area (Å²) in [6.07, 6.45) is -2.29. The third-order valence-corrected chi connectivity index (χ3v) is 2.80. The van der Waals surface area contributed by atoms with Gasteiger partial charge in [0.1, 0.15) is 6.10 Å². The molecule has 2 atom stereocenters. The lowest BCUT2D eigenvalue weighted by Crippen LogP contribution is -2.19. The van der Waals surface area contributed by atoms with Crippen LogP contribution in [0, 0.1) is 0 Å². The minimum atomic E-state index is -1.18. The molecule has 0 radical (unpaired) electrons. The van der Waals surface area contributed by atoms with Crippen molar-refractivity contribution < 1.29 is 15.3 Å². The van der Waals surface area contributed by atoms with Gasteiger partial charge in [0.2, 0.25) is 0 Å². The predicted molar refractivity (Wildman–Crippen MR) is 59.8 cm³/mol. The van der Waals surface area contributed by atoms with E-state index in [1.165, 1.54) is 12.1 Å². The molecule has 0 saturated heterocycles.